The molecule has 0 fully saturated rings. The minimum atomic E-state index is -0.0306. The van der Waals surface area contributed by atoms with Crippen LogP contribution in [0.5, 0.6) is 0 Å². The van der Waals surface area contributed by atoms with Crippen molar-refractivity contribution in [2.45, 2.75) is 38.6 Å². The van der Waals surface area contributed by atoms with Crippen molar-refractivity contribution in [3.63, 3.8) is 0 Å². The number of hydrazine groups is 1. The predicted octanol–water partition coefficient (Wildman–Crippen LogP) is 3.35. The Morgan fingerprint density at radius 3 is 2.50 bits per heavy atom. The van der Waals surface area contributed by atoms with E-state index in [1.54, 1.807) is 0 Å². The van der Waals surface area contributed by atoms with Crippen molar-refractivity contribution < 1.29 is 0 Å². The molecule has 0 saturated heterocycles. The van der Waals surface area contributed by atoms with Crippen molar-refractivity contribution in [3.05, 3.63) is 44.9 Å². The van der Waals surface area contributed by atoms with Gasteiger partial charge >= 0.3 is 0 Å². The maximum absolute atomic E-state index is 5.75. The summed E-state index contributed by atoms with van der Waals surface area (Å²) in [6, 6.07) is 8.31. The quantitative estimate of drug-likeness (QED) is 0.652. The van der Waals surface area contributed by atoms with Gasteiger partial charge in [0.05, 0.1) is 16.6 Å². The van der Waals surface area contributed by atoms with Gasteiger partial charge in [-0.1, -0.05) is 53.3 Å². The Morgan fingerprint density at radius 2 is 1.95 bits per heavy atom. The number of rotatable bonds is 4. The maximum atomic E-state index is 5.75. The number of hydrogen-bond donors (Lipinski definition) is 2. The summed E-state index contributed by atoms with van der Waals surface area (Å²) in [6.45, 7) is 6.42. The smallest absolute Gasteiger partial charge is 0.0857 e. The van der Waals surface area contributed by atoms with Crippen molar-refractivity contribution in [3.8, 4) is 0 Å². The standard InChI is InChI=1S/C14H19BrN4S/c1-14(2,3)13-12(20-19-18-13)11(17-16)8-9-4-6-10(15)7-5-9/h4-7,11,17H,8,16H2,1-3H3. The summed E-state index contributed by atoms with van der Waals surface area (Å²) in [5.74, 6) is 5.75. The Bertz CT molecular complexity index is 559. The Balaban J connectivity index is 2.25. The van der Waals surface area contributed by atoms with Crippen LogP contribution in [0.2, 0.25) is 0 Å². The molecule has 0 radical (unpaired) electrons. The normalized spacial score (nSPS) is 13.4. The average Bonchev–Trinajstić information content (AvgIpc) is 2.87. The van der Waals surface area contributed by atoms with Crippen LogP contribution in [0.4, 0.5) is 0 Å². The first-order chi connectivity index (χ1) is 9.41. The molecule has 3 N–H and O–H groups in total. The van der Waals surface area contributed by atoms with Crippen LogP contribution in [0.15, 0.2) is 28.7 Å². The molecule has 1 atom stereocenters. The van der Waals surface area contributed by atoms with Gasteiger partial charge in [0.2, 0.25) is 0 Å². The molecule has 0 spiro atoms. The van der Waals surface area contributed by atoms with Gasteiger partial charge in [0.25, 0.3) is 0 Å². The first-order valence-electron chi connectivity index (χ1n) is 6.45. The molecule has 6 heteroatoms. The van der Waals surface area contributed by atoms with Gasteiger partial charge < -0.3 is 0 Å². The Labute approximate surface area is 132 Å². The summed E-state index contributed by atoms with van der Waals surface area (Å²) >= 11 is 4.87. The summed E-state index contributed by atoms with van der Waals surface area (Å²) in [5, 5.41) is 4.28. The fraction of sp³-hybridized carbons (Fsp3) is 0.429. The minimum absolute atomic E-state index is 0.0306. The van der Waals surface area contributed by atoms with E-state index in [2.05, 4.69) is 63.8 Å². The third-order valence-corrected chi connectivity index (χ3v) is 4.46. The molecule has 0 aliphatic carbocycles. The highest BCUT2D eigenvalue weighted by Gasteiger charge is 2.26. The lowest BCUT2D eigenvalue weighted by Gasteiger charge is -2.21. The van der Waals surface area contributed by atoms with Gasteiger partial charge in [0, 0.05) is 9.89 Å². The first-order valence-corrected chi connectivity index (χ1v) is 8.01. The van der Waals surface area contributed by atoms with Crippen LogP contribution < -0.4 is 11.3 Å². The zero-order valence-corrected chi connectivity index (χ0v) is 14.3. The van der Waals surface area contributed by atoms with Crippen LogP contribution in [-0.4, -0.2) is 9.59 Å². The zero-order valence-electron chi connectivity index (χ0n) is 11.9. The Morgan fingerprint density at radius 1 is 1.30 bits per heavy atom. The summed E-state index contributed by atoms with van der Waals surface area (Å²) in [5.41, 5.74) is 5.11. The number of hydrogen-bond acceptors (Lipinski definition) is 5. The highest BCUT2D eigenvalue weighted by Crippen LogP contribution is 2.31. The van der Waals surface area contributed by atoms with E-state index in [1.807, 2.05) is 12.1 Å². The molecule has 108 valence electrons. The van der Waals surface area contributed by atoms with Crippen LogP contribution in [0.3, 0.4) is 0 Å². The molecular formula is C14H19BrN4S. The first kappa shape index (κ1) is 15.6. The van der Waals surface area contributed by atoms with E-state index in [1.165, 1.54) is 17.1 Å². The second-order valence-electron chi connectivity index (χ2n) is 5.79. The molecule has 0 amide bonds. The molecule has 1 unspecified atom stereocenters. The molecule has 1 heterocycles. The lowest BCUT2D eigenvalue weighted by molar-refractivity contribution is 0.515. The fourth-order valence-corrected chi connectivity index (χ4v) is 3.22. The largest absolute Gasteiger partial charge is 0.271 e. The van der Waals surface area contributed by atoms with Crippen LogP contribution in [0.25, 0.3) is 0 Å². The van der Waals surface area contributed by atoms with Crippen molar-refractivity contribution in [1.29, 1.82) is 0 Å². The van der Waals surface area contributed by atoms with E-state index in [4.69, 9.17) is 5.84 Å². The van der Waals surface area contributed by atoms with Crippen molar-refractivity contribution in [2.75, 3.05) is 0 Å². The topological polar surface area (TPSA) is 63.8 Å². The van der Waals surface area contributed by atoms with Gasteiger partial charge in [0.1, 0.15) is 0 Å². The molecule has 4 nitrogen and oxygen atoms in total. The van der Waals surface area contributed by atoms with Gasteiger partial charge in [0.15, 0.2) is 0 Å². The molecule has 1 aromatic heterocycles. The zero-order chi connectivity index (χ0) is 14.8. The summed E-state index contributed by atoms with van der Waals surface area (Å²) in [7, 11) is 0. The van der Waals surface area contributed by atoms with Crippen molar-refractivity contribution in [2.24, 2.45) is 5.84 Å². The van der Waals surface area contributed by atoms with Crippen LogP contribution in [0.1, 0.15) is 42.9 Å². The predicted molar refractivity (Wildman–Crippen MR) is 86.5 cm³/mol. The second kappa shape index (κ2) is 6.30. The third-order valence-electron chi connectivity index (χ3n) is 3.09. The van der Waals surface area contributed by atoms with Crippen LogP contribution in [-0.2, 0) is 11.8 Å². The molecule has 0 bridgehead atoms. The molecule has 1 aromatic carbocycles. The summed E-state index contributed by atoms with van der Waals surface area (Å²) in [6.07, 6.45) is 0.816. The molecule has 0 aliphatic rings. The third kappa shape index (κ3) is 3.63. The van der Waals surface area contributed by atoms with E-state index < -0.39 is 0 Å². The van der Waals surface area contributed by atoms with Crippen LogP contribution >= 0.6 is 27.5 Å². The average molecular weight is 355 g/mol. The SMILES string of the molecule is CC(C)(C)c1nnsc1C(Cc1ccc(Br)cc1)NN. The second-order valence-corrected chi connectivity index (χ2v) is 7.49. The van der Waals surface area contributed by atoms with E-state index in [9.17, 15) is 0 Å². The summed E-state index contributed by atoms with van der Waals surface area (Å²) in [4.78, 5) is 1.11. The number of halogens is 1. The maximum Gasteiger partial charge on any atom is 0.0857 e. The number of nitrogens with one attached hydrogen (secondary N) is 1. The summed E-state index contributed by atoms with van der Waals surface area (Å²) < 4.78 is 5.18. The number of benzene rings is 1. The lowest BCUT2D eigenvalue weighted by Crippen LogP contribution is -2.31. The molecule has 0 aliphatic heterocycles. The number of aromatic nitrogens is 2. The van der Waals surface area contributed by atoms with Crippen molar-refractivity contribution in [1.82, 2.24) is 15.0 Å². The number of nitrogens with zero attached hydrogens (tertiary/aromatic N) is 2. The monoisotopic (exact) mass is 354 g/mol. The van der Waals surface area contributed by atoms with Crippen molar-refractivity contribution >= 4 is 27.5 Å². The highest BCUT2D eigenvalue weighted by molar-refractivity contribution is 9.10. The van der Waals surface area contributed by atoms with E-state index >= 15 is 0 Å². The van der Waals surface area contributed by atoms with Gasteiger partial charge in [-0.25, -0.2) is 0 Å². The van der Waals surface area contributed by atoms with Gasteiger partial charge in [-0.15, -0.1) is 5.10 Å². The van der Waals surface area contributed by atoms with E-state index in [0.29, 0.717) is 0 Å². The van der Waals surface area contributed by atoms with Gasteiger partial charge in [-0.2, -0.15) is 0 Å². The highest BCUT2D eigenvalue weighted by atomic mass is 79.9. The fourth-order valence-electron chi connectivity index (χ4n) is 2.03. The minimum Gasteiger partial charge on any atom is -0.271 e. The van der Waals surface area contributed by atoms with Crippen LogP contribution in [0, 0.1) is 0 Å². The molecular weight excluding hydrogens is 336 g/mol. The van der Waals surface area contributed by atoms with Gasteiger partial charge in [-0.05, 0) is 35.6 Å². The van der Waals surface area contributed by atoms with E-state index in [-0.39, 0.29) is 11.5 Å². The molecule has 0 saturated carbocycles. The molecule has 2 aromatic rings. The number of nitrogens with two attached hydrogens (primary N) is 1. The van der Waals surface area contributed by atoms with Gasteiger partial charge in [-0.3, -0.25) is 11.3 Å². The Hall–Kier alpha value is -0.820. The molecule has 20 heavy (non-hydrogen) atoms. The Kier molecular flexibility index (Phi) is 4.90. The molecule has 2 rings (SSSR count). The van der Waals surface area contributed by atoms with E-state index in [0.717, 1.165) is 21.5 Å². The lowest BCUT2D eigenvalue weighted by atomic mass is 9.89.